The summed E-state index contributed by atoms with van der Waals surface area (Å²) in [7, 11) is 0. The Bertz CT molecular complexity index is 518. The van der Waals surface area contributed by atoms with E-state index >= 15 is 0 Å². The fourth-order valence-corrected chi connectivity index (χ4v) is 2.87. The van der Waals surface area contributed by atoms with E-state index in [2.05, 4.69) is 15.9 Å². The van der Waals surface area contributed by atoms with Crippen LogP contribution >= 0.6 is 15.9 Å². The Morgan fingerprint density at radius 2 is 2.05 bits per heavy atom. The number of hydrogen-bond acceptors (Lipinski definition) is 1. The van der Waals surface area contributed by atoms with Crippen molar-refractivity contribution in [2.45, 2.75) is 23.8 Å². The lowest BCUT2D eigenvalue weighted by molar-refractivity contribution is -0.140. The number of rotatable bonds is 1. The van der Waals surface area contributed by atoms with Gasteiger partial charge in [-0.1, -0.05) is 22.0 Å². The lowest BCUT2D eigenvalue weighted by Gasteiger charge is -2.30. The first-order valence-corrected chi connectivity index (χ1v) is 7.01. The van der Waals surface area contributed by atoms with Crippen molar-refractivity contribution in [2.75, 3.05) is 13.1 Å². The third-order valence-corrected chi connectivity index (χ3v) is 3.93. The zero-order valence-corrected chi connectivity index (χ0v) is 12.0. The molecule has 0 spiro atoms. The standard InChI is InChI=1S/C13H12BrF4NO/c14-8-3-2-6-19(7-8)12(20)9-4-1-5-10(11(9)15)13(16,17)18/h1,4-5,8H,2-3,6-7H2. The van der Waals surface area contributed by atoms with Crippen LogP contribution in [-0.2, 0) is 6.18 Å². The molecule has 1 fully saturated rings. The molecule has 2 nitrogen and oxygen atoms in total. The van der Waals surface area contributed by atoms with Gasteiger partial charge >= 0.3 is 6.18 Å². The lowest BCUT2D eigenvalue weighted by Crippen LogP contribution is -2.40. The van der Waals surface area contributed by atoms with Gasteiger partial charge in [-0.15, -0.1) is 0 Å². The van der Waals surface area contributed by atoms with Crippen LogP contribution in [0.2, 0.25) is 0 Å². The topological polar surface area (TPSA) is 20.3 Å². The second-order valence-corrected chi connectivity index (χ2v) is 5.95. The van der Waals surface area contributed by atoms with Crippen molar-refractivity contribution in [1.82, 2.24) is 4.90 Å². The second kappa shape index (κ2) is 5.71. The van der Waals surface area contributed by atoms with E-state index in [-0.39, 0.29) is 4.83 Å². The first-order chi connectivity index (χ1) is 9.30. The minimum Gasteiger partial charge on any atom is -0.337 e. The van der Waals surface area contributed by atoms with E-state index < -0.39 is 29.0 Å². The molecule has 1 unspecified atom stereocenters. The van der Waals surface area contributed by atoms with Gasteiger partial charge in [-0.3, -0.25) is 4.79 Å². The van der Waals surface area contributed by atoms with Crippen molar-refractivity contribution >= 4 is 21.8 Å². The van der Waals surface area contributed by atoms with Gasteiger partial charge in [-0.25, -0.2) is 4.39 Å². The first kappa shape index (κ1) is 15.3. The van der Waals surface area contributed by atoms with Crippen LogP contribution in [0, 0.1) is 5.82 Å². The fourth-order valence-electron chi connectivity index (χ4n) is 2.20. The molecule has 0 aliphatic carbocycles. The van der Waals surface area contributed by atoms with Gasteiger partial charge in [0.2, 0.25) is 0 Å². The van der Waals surface area contributed by atoms with Gasteiger partial charge in [0.05, 0.1) is 11.1 Å². The Morgan fingerprint density at radius 3 is 2.65 bits per heavy atom. The van der Waals surface area contributed by atoms with Gasteiger partial charge in [-0.05, 0) is 25.0 Å². The predicted octanol–water partition coefficient (Wildman–Crippen LogP) is 3.84. The molecule has 0 saturated carbocycles. The molecule has 1 amide bonds. The number of carbonyl (C=O) groups is 1. The molecule has 1 aliphatic rings. The molecule has 1 aliphatic heterocycles. The van der Waals surface area contributed by atoms with Gasteiger partial charge < -0.3 is 4.90 Å². The van der Waals surface area contributed by atoms with Gasteiger partial charge in [0.25, 0.3) is 5.91 Å². The molecule has 1 saturated heterocycles. The van der Waals surface area contributed by atoms with Crippen LogP contribution in [0.3, 0.4) is 0 Å². The van der Waals surface area contributed by atoms with E-state index in [9.17, 15) is 22.4 Å². The van der Waals surface area contributed by atoms with Crippen LogP contribution in [0.4, 0.5) is 17.6 Å². The number of halogens is 5. The van der Waals surface area contributed by atoms with Crippen LogP contribution in [0.5, 0.6) is 0 Å². The molecule has 1 heterocycles. The highest BCUT2D eigenvalue weighted by atomic mass is 79.9. The fraction of sp³-hybridized carbons (Fsp3) is 0.462. The second-order valence-electron chi connectivity index (χ2n) is 4.66. The number of amides is 1. The van der Waals surface area contributed by atoms with Crippen molar-refractivity contribution in [3.8, 4) is 0 Å². The summed E-state index contributed by atoms with van der Waals surface area (Å²) < 4.78 is 51.8. The molecule has 1 atom stereocenters. The summed E-state index contributed by atoms with van der Waals surface area (Å²) in [6.45, 7) is 0.797. The van der Waals surface area contributed by atoms with Crippen LogP contribution in [0.1, 0.15) is 28.8 Å². The first-order valence-electron chi connectivity index (χ1n) is 6.09. The zero-order valence-electron chi connectivity index (χ0n) is 10.4. The minimum absolute atomic E-state index is 0.0917. The lowest BCUT2D eigenvalue weighted by atomic mass is 10.1. The highest BCUT2D eigenvalue weighted by Gasteiger charge is 2.36. The third-order valence-electron chi connectivity index (χ3n) is 3.19. The summed E-state index contributed by atoms with van der Waals surface area (Å²) in [6.07, 6.45) is -3.18. The van der Waals surface area contributed by atoms with Crippen molar-refractivity contribution in [2.24, 2.45) is 0 Å². The summed E-state index contributed by atoms with van der Waals surface area (Å²) in [4.78, 5) is 13.6. The molecule has 1 aromatic rings. The van der Waals surface area contributed by atoms with E-state index in [1.807, 2.05) is 0 Å². The zero-order chi connectivity index (χ0) is 14.9. The molecule has 110 valence electrons. The molecule has 1 aromatic carbocycles. The van der Waals surface area contributed by atoms with Crippen LogP contribution in [-0.4, -0.2) is 28.7 Å². The molecule has 20 heavy (non-hydrogen) atoms. The Morgan fingerprint density at radius 1 is 1.35 bits per heavy atom. The predicted molar refractivity (Wildman–Crippen MR) is 69.3 cm³/mol. The van der Waals surface area contributed by atoms with Crippen molar-refractivity contribution in [3.05, 3.63) is 35.1 Å². The maximum absolute atomic E-state index is 13.9. The number of hydrogen-bond donors (Lipinski definition) is 0. The van der Waals surface area contributed by atoms with E-state index in [4.69, 9.17) is 0 Å². The maximum atomic E-state index is 13.9. The third kappa shape index (κ3) is 3.13. The Hall–Kier alpha value is -1.11. The summed E-state index contributed by atoms with van der Waals surface area (Å²) >= 11 is 3.37. The Labute approximate surface area is 121 Å². The quantitative estimate of drug-likeness (QED) is 0.554. The van der Waals surface area contributed by atoms with Crippen LogP contribution in [0.15, 0.2) is 18.2 Å². The normalized spacial score (nSPS) is 20.1. The van der Waals surface area contributed by atoms with E-state index in [1.54, 1.807) is 0 Å². The number of carbonyl (C=O) groups excluding carboxylic acids is 1. The maximum Gasteiger partial charge on any atom is 0.419 e. The largest absolute Gasteiger partial charge is 0.419 e. The monoisotopic (exact) mass is 353 g/mol. The number of benzene rings is 1. The summed E-state index contributed by atoms with van der Waals surface area (Å²) in [5, 5.41) is 0. The van der Waals surface area contributed by atoms with Crippen LogP contribution in [0.25, 0.3) is 0 Å². The molecule has 0 radical (unpaired) electrons. The van der Waals surface area contributed by atoms with Crippen LogP contribution < -0.4 is 0 Å². The molecule has 2 rings (SSSR count). The van der Waals surface area contributed by atoms with Crippen molar-refractivity contribution in [1.29, 1.82) is 0 Å². The van der Waals surface area contributed by atoms with Crippen molar-refractivity contribution < 1.29 is 22.4 Å². The number of nitrogens with zero attached hydrogens (tertiary/aromatic N) is 1. The summed E-state index contributed by atoms with van der Waals surface area (Å²) in [5.41, 5.74) is -1.93. The molecule has 7 heteroatoms. The highest BCUT2D eigenvalue weighted by molar-refractivity contribution is 9.09. The number of likely N-dealkylation sites (tertiary alicyclic amines) is 1. The average Bonchev–Trinajstić information content (AvgIpc) is 2.37. The SMILES string of the molecule is O=C(c1cccc(C(F)(F)F)c1F)N1CCCC(Br)C1. The Balaban J connectivity index is 2.31. The highest BCUT2D eigenvalue weighted by Crippen LogP contribution is 2.33. The van der Waals surface area contributed by atoms with E-state index in [1.165, 1.54) is 4.90 Å². The van der Waals surface area contributed by atoms with Gasteiger partial charge in [0.1, 0.15) is 5.82 Å². The van der Waals surface area contributed by atoms with Gasteiger partial charge in [0.15, 0.2) is 0 Å². The molecule has 0 bridgehead atoms. The van der Waals surface area contributed by atoms with E-state index in [0.29, 0.717) is 19.2 Å². The number of piperidine rings is 1. The molecular weight excluding hydrogens is 342 g/mol. The molecule has 0 N–H and O–H groups in total. The van der Waals surface area contributed by atoms with Gasteiger partial charge in [0, 0.05) is 17.9 Å². The molecular formula is C13H12BrF4NO. The smallest absolute Gasteiger partial charge is 0.337 e. The van der Waals surface area contributed by atoms with Gasteiger partial charge in [-0.2, -0.15) is 13.2 Å². The molecule has 0 aromatic heterocycles. The summed E-state index contributed by atoms with van der Waals surface area (Å²) in [5.74, 6) is -2.19. The van der Waals surface area contributed by atoms with Crippen molar-refractivity contribution in [3.63, 3.8) is 0 Å². The Kier molecular flexibility index (Phi) is 4.36. The summed E-state index contributed by atoms with van der Waals surface area (Å²) in [6, 6.07) is 2.77. The van der Waals surface area contributed by atoms with E-state index in [0.717, 1.165) is 25.0 Å². The number of alkyl halides is 4. The average molecular weight is 354 g/mol. The minimum atomic E-state index is -4.81.